The summed E-state index contributed by atoms with van der Waals surface area (Å²) in [6.45, 7) is 0.668. The first-order chi connectivity index (χ1) is 12.5. The Morgan fingerprint density at radius 2 is 1.19 bits per heavy atom. The Morgan fingerprint density at radius 3 is 1.50 bits per heavy atom. The average Bonchev–Trinajstić information content (AvgIpc) is 2.64. The molecule has 2 amide bonds. The molecule has 26 heavy (non-hydrogen) atoms. The molecule has 0 aliphatic heterocycles. The van der Waals surface area contributed by atoms with Gasteiger partial charge in [-0.25, -0.2) is 0 Å². The zero-order valence-electron chi connectivity index (χ0n) is 14.3. The van der Waals surface area contributed by atoms with E-state index in [1.807, 2.05) is 0 Å². The maximum atomic E-state index is 12.1. The van der Waals surface area contributed by atoms with Gasteiger partial charge in [-0.05, 0) is 81.6 Å². The van der Waals surface area contributed by atoms with Gasteiger partial charge in [0, 0.05) is 24.2 Å². The van der Waals surface area contributed by atoms with Crippen LogP contribution in [0.2, 0.25) is 0 Å². The Hall–Kier alpha value is -1.56. The molecule has 2 rings (SSSR count). The Labute approximate surface area is 179 Å². The minimum absolute atomic E-state index is 0.196. The first-order valence-electron chi connectivity index (χ1n) is 7.69. The normalized spacial score (nSPS) is 10.2. The predicted octanol–water partition coefficient (Wildman–Crippen LogP) is 3.07. The lowest BCUT2D eigenvalue weighted by atomic mass is 10.2. The highest BCUT2D eigenvalue weighted by atomic mass is 127. The van der Waals surface area contributed by atoms with E-state index in [0.717, 1.165) is 18.6 Å². The largest absolute Gasteiger partial charge is 0.496 e. The molecule has 0 saturated carbocycles. The summed E-state index contributed by atoms with van der Waals surface area (Å²) in [5.74, 6) is 1.06. The summed E-state index contributed by atoms with van der Waals surface area (Å²) in [5.41, 5.74) is 1.09. The quantitative estimate of drug-likeness (QED) is 0.390. The summed E-state index contributed by atoms with van der Waals surface area (Å²) < 4.78 is 12.1. The maximum Gasteiger partial charge on any atom is 0.251 e. The van der Waals surface area contributed by atoms with Crippen LogP contribution in [0.5, 0.6) is 11.5 Å². The van der Waals surface area contributed by atoms with E-state index in [4.69, 9.17) is 9.47 Å². The minimum atomic E-state index is -0.196. The molecule has 0 aromatic heterocycles. The molecular weight excluding hydrogens is 562 g/mol. The summed E-state index contributed by atoms with van der Waals surface area (Å²) in [4.78, 5) is 24.3. The van der Waals surface area contributed by atoms with E-state index in [1.165, 1.54) is 0 Å². The number of carbonyl (C=O) groups excluding carboxylic acids is 2. The molecule has 2 aromatic carbocycles. The topological polar surface area (TPSA) is 76.7 Å². The van der Waals surface area contributed by atoms with Crippen molar-refractivity contribution in [3.05, 3.63) is 54.7 Å². The Balaban J connectivity index is 1.82. The molecule has 0 radical (unpaired) electrons. The number of nitrogens with one attached hydrogen (secondary N) is 2. The van der Waals surface area contributed by atoms with E-state index in [0.29, 0.717) is 24.2 Å². The van der Waals surface area contributed by atoms with Gasteiger partial charge in [-0.3, -0.25) is 9.59 Å². The molecule has 0 bridgehead atoms. The molecule has 0 heterocycles. The highest BCUT2D eigenvalue weighted by Gasteiger charge is 2.10. The number of carbonyl (C=O) groups is 2. The average molecular weight is 580 g/mol. The molecule has 0 spiro atoms. The minimum Gasteiger partial charge on any atom is -0.496 e. The van der Waals surface area contributed by atoms with Gasteiger partial charge < -0.3 is 20.1 Å². The fourth-order valence-electron chi connectivity index (χ4n) is 2.17. The lowest BCUT2D eigenvalue weighted by Crippen LogP contribution is -2.34. The number of methoxy groups -OCH3 is 2. The highest BCUT2D eigenvalue weighted by molar-refractivity contribution is 14.1. The van der Waals surface area contributed by atoms with Crippen LogP contribution >= 0.6 is 45.2 Å². The number of amides is 2. The van der Waals surface area contributed by atoms with Crippen LogP contribution in [0.25, 0.3) is 0 Å². The van der Waals surface area contributed by atoms with Crippen molar-refractivity contribution in [3.63, 3.8) is 0 Å². The molecule has 138 valence electrons. The monoisotopic (exact) mass is 580 g/mol. The predicted molar refractivity (Wildman–Crippen MR) is 116 cm³/mol. The fraction of sp³-hybridized carbons (Fsp3) is 0.222. The molecule has 2 aromatic rings. The molecule has 0 saturated heterocycles. The van der Waals surface area contributed by atoms with Crippen LogP contribution in [0.15, 0.2) is 36.4 Å². The van der Waals surface area contributed by atoms with Gasteiger partial charge in [0.25, 0.3) is 11.8 Å². The second-order valence-electron chi connectivity index (χ2n) is 5.21. The van der Waals surface area contributed by atoms with Crippen LogP contribution < -0.4 is 20.1 Å². The van der Waals surface area contributed by atoms with E-state index in [2.05, 4.69) is 55.8 Å². The van der Waals surface area contributed by atoms with Crippen molar-refractivity contribution in [2.75, 3.05) is 27.3 Å². The van der Waals surface area contributed by atoms with Crippen LogP contribution in [0.3, 0.4) is 0 Å². The smallest absolute Gasteiger partial charge is 0.251 e. The van der Waals surface area contributed by atoms with Gasteiger partial charge in [0.05, 0.1) is 21.4 Å². The molecule has 0 aliphatic carbocycles. The van der Waals surface area contributed by atoms with Gasteiger partial charge >= 0.3 is 0 Å². The van der Waals surface area contributed by atoms with Crippen molar-refractivity contribution in [2.24, 2.45) is 0 Å². The highest BCUT2D eigenvalue weighted by Crippen LogP contribution is 2.22. The maximum absolute atomic E-state index is 12.1. The van der Waals surface area contributed by atoms with Crippen molar-refractivity contribution >= 4 is 57.0 Å². The van der Waals surface area contributed by atoms with Crippen LogP contribution in [0, 0.1) is 7.14 Å². The zero-order valence-corrected chi connectivity index (χ0v) is 18.6. The Bertz CT molecular complexity index is 744. The van der Waals surface area contributed by atoms with E-state index in [-0.39, 0.29) is 11.8 Å². The lowest BCUT2D eigenvalue weighted by molar-refractivity contribution is 0.0927. The first-order valence-corrected chi connectivity index (χ1v) is 9.85. The summed E-state index contributed by atoms with van der Waals surface area (Å²) in [5, 5.41) is 5.56. The lowest BCUT2D eigenvalue weighted by Gasteiger charge is -2.09. The molecule has 0 atom stereocenters. The molecule has 8 heteroatoms. The van der Waals surface area contributed by atoms with Crippen molar-refractivity contribution < 1.29 is 19.1 Å². The molecule has 6 nitrogen and oxygen atoms in total. The van der Waals surface area contributed by atoms with E-state index >= 15 is 0 Å². The molecule has 0 fully saturated rings. The fourth-order valence-corrected chi connectivity index (χ4v) is 3.64. The SMILES string of the molecule is COc1ccc(C(=O)NCCNC(=O)c2ccc(OC)c(I)c2)cc1I. The van der Waals surface area contributed by atoms with Gasteiger partial charge in [0.1, 0.15) is 11.5 Å². The van der Waals surface area contributed by atoms with Gasteiger partial charge in [-0.1, -0.05) is 0 Å². The van der Waals surface area contributed by atoms with Gasteiger partial charge in [0.2, 0.25) is 0 Å². The third kappa shape index (κ3) is 5.47. The standard InChI is InChI=1S/C18H18I2N2O4/c1-25-15-5-3-11(9-13(15)19)17(23)21-7-8-22-18(24)12-4-6-16(26-2)14(20)10-12/h3-6,9-10H,7-8H2,1-2H3,(H,21,23)(H,22,24). The van der Waals surface area contributed by atoms with Crippen molar-refractivity contribution in [1.29, 1.82) is 0 Å². The number of halogens is 2. The first kappa shape index (κ1) is 20.7. The van der Waals surface area contributed by atoms with Gasteiger partial charge in [0.15, 0.2) is 0 Å². The number of hydrogen-bond donors (Lipinski definition) is 2. The Morgan fingerprint density at radius 1 is 0.808 bits per heavy atom. The summed E-state index contributed by atoms with van der Waals surface area (Å²) in [7, 11) is 3.17. The number of rotatable bonds is 7. The van der Waals surface area contributed by atoms with Crippen LogP contribution in [0.1, 0.15) is 20.7 Å². The van der Waals surface area contributed by atoms with Gasteiger partial charge in [-0.15, -0.1) is 0 Å². The number of ether oxygens (including phenoxy) is 2. The number of benzene rings is 2. The second kappa shape index (κ2) is 9.95. The molecular formula is C18H18I2N2O4. The van der Waals surface area contributed by atoms with Crippen molar-refractivity contribution in [2.45, 2.75) is 0 Å². The summed E-state index contributed by atoms with van der Waals surface area (Å²) in [6, 6.07) is 10.4. The Kier molecular flexibility index (Phi) is 7.94. The van der Waals surface area contributed by atoms with Crippen LogP contribution in [-0.4, -0.2) is 39.1 Å². The molecule has 2 N–H and O–H groups in total. The molecule has 0 unspecified atom stereocenters. The number of hydrogen-bond acceptors (Lipinski definition) is 4. The van der Waals surface area contributed by atoms with Crippen LogP contribution in [-0.2, 0) is 0 Å². The van der Waals surface area contributed by atoms with Crippen LogP contribution in [0.4, 0.5) is 0 Å². The summed E-state index contributed by atoms with van der Waals surface area (Å²) in [6.07, 6.45) is 0. The third-order valence-electron chi connectivity index (χ3n) is 3.52. The van der Waals surface area contributed by atoms with E-state index < -0.39 is 0 Å². The third-order valence-corrected chi connectivity index (χ3v) is 5.21. The summed E-state index contributed by atoms with van der Waals surface area (Å²) >= 11 is 4.23. The zero-order chi connectivity index (χ0) is 19.1. The van der Waals surface area contributed by atoms with E-state index in [1.54, 1.807) is 50.6 Å². The van der Waals surface area contributed by atoms with Crippen molar-refractivity contribution in [3.8, 4) is 11.5 Å². The van der Waals surface area contributed by atoms with E-state index in [9.17, 15) is 9.59 Å². The molecule has 0 aliphatic rings. The van der Waals surface area contributed by atoms with Crippen molar-refractivity contribution in [1.82, 2.24) is 10.6 Å². The van der Waals surface area contributed by atoms with Gasteiger partial charge in [-0.2, -0.15) is 0 Å². The second-order valence-corrected chi connectivity index (χ2v) is 7.53.